The SMILES string of the molecule is COC1=CC(S(C)=O)C([C@]2(C)CC[C@H]3C(C)(C)CCC[C@]3(C)[C@H]2C)C(O)=C1. The van der Waals surface area contributed by atoms with Crippen LogP contribution in [0.15, 0.2) is 23.7 Å². The third-order valence-corrected chi connectivity index (χ3v) is 10.00. The maximum Gasteiger partial charge on any atom is 0.119 e. The molecule has 0 aliphatic heterocycles. The highest BCUT2D eigenvalue weighted by molar-refractivity contribution is 7.85. The molecule has 27 heavy (non-hydrogen) atoms. The van der Waals surface area contributed by atoms with Gasteiger partial charge in [0.1, 0.15) is 11.5 Å². The van der Waals surface area contributed by atoms with Gasteiger partial charge in [-0.2, -0.15) is 0 Å². The summed E-state index contributed by atoms with van der Waals surface area (Å²) in [5.41, 5.74) is 0.564. The predicted molar refractivity (Wildman–Crippen MR) is 113 cm³/mol. The topological polar surface area (TPSA) is 46.5 Å². The minimum absolute atomic E-state index is 0.0780. The summed E-state index contributed by atoms with van der Waals surface area (Å²) >= 11 is 0. The summed E-state index contributed by atoms with van der Waals surface area (Å²) in [5, 5.41) is 10.8. The maximum absolute atomic E-state index is 12.6. The van der Waals surface area contributed by atoms with Gasteiger partial charge in [-0.15, -0.1) is 0 Å². The third-order valence-electron chi connectivity index (χ3n) is 8.82. The van der Waals surface area contributed by atoms with Gasteiger partial charge in [-0.05, 0) is 59.8 Å². The van der Waals surface area contributed by atoms with Crippen LogP contribution in [-0.2, 0) is 15.5 Å². The molecule has 0 spiro atoms. The lowest BCUT2D eigenvalue weighted by molar-refractivity contribution is -0.138. The van der Waals surface area contributed by atoms with Crippen molar-refractivity contribution >= 4 is 10.8 Å². The van der Waals surface area contributed by atoms with Crippen molar-refractivity contribution < 1.29 is 14.1 Å². The summed E-state index contributed by atoms with van der Waals surface area (Å²) in [7, 11) is 0.540. The van der Waals surface area contributed by atoms with Crippen molar-refractivity contribution in [3.8, 4) is 0 Å². The Bertz CT molecular complexity index is 679. The molecule has 0 bridgehead atoms. The molecule has 0 heterocycles. The molecule has 3 aliphatic carbocycles. The van der Waals surface area contributed by atoms with E-state index in [9.17, 15) is 9.32 Å². The molecule has 3 unspecified atom stereocenters. The normalized spacial score (nSPS) is 45.3. The first-order valence-corrected chi connectivity index (χ1v) is 12.1. The Morgan fingerprint density at radius 2 is 1.81 bits per heavy atom. The largest absolute Gasteiger partial charge is 0.512 e. The molecule has 2 saturated carbocycles. The molecular formula is C23H38O3S. The zero-order chi connectivity index (χ0) is 20.2. The second-order valence-corrected chi connectivity index (χ2v) is 12.0. The molecule has 4 heteroatoms. The standard InChI is InChI=1S/C23H38O3S/c1-15-22(4)11-8-10-21(2,3)19(22)9-12-23(15,5)20-17(24)13-16(26-6)14-18(20)27(7)25/h13-15,18-20,24H,8-12H2,1-7H3/t15-,18?,19+,20?,22-,23-,27?/m1/s1. The van der Waals surface area contributed by atoms with Gasteiger partial charge in [0.05, 0.1) is 12.4 Å². The van der Waals surface area contributed by atoms with Crippen molar-refractivity contribution in [3.63, 3.8) is 0 Å². The van der Waals surface area contributed by atoms with E-state index < -0.39 is 10.8 Å². The summed E-state index contributed by atoms with van der Waals surface area (Å²) in [6.45, 7) is 12.1. The fraction of sp³-hybridized carbons (Fsp3) is 0.826. The van der Waals surface area contributed by atoms with Gasteiger partial charge in [-0.3, -0.25) is 4.21 Å². The van der Waals surface area contributed by atoms with Crippen molar-refractivity contribution in [2.24, 2.45) is 34.0 Å². The Balaban J connectivity index is 2.02. The van der Waals surface area contributed by atoms with E-state index in [4.69, 9.17) is 4.74 Å². The minimum atomic E-state index is -1.06. The molecule has 7 atom stereocenters. The number of aliphatic hydroxyl groups is 1. The van der Waals surface area contributed by atoms with Crippen LogP contribution in [0, 0.1) is 34.0 Å². The van der Waals surface area contributed by atoms with E-state index in [0.29, 0.717) is 28.8 Å². The van der Waals surface area contributed by atoms with E-state index >= 15 is 0 Å². The van der Waals surface area contributed by atoms with Gasteiger partial charge < -0.3 is 9.84 Å². The van der Waals surface area contributed by atoms with Crippen LogP contribution in [0.5, 0.6) is 0 Å². The van der Waals surface area contributed by atoms with Gasteiger partial charge in [0, 0.05) is 29.0 Å². The molecule has 0 radical (unpaired) electrons. The molecule has 0 saturated heterocycles. The van der Waals surface area contributed by atoms with Gasteiger partial charge in [-0.1, -0.05) is 41.0 Å². The minimum Gasteiger partial charge on any atom is -0.512 e. The highest BCUT2D eigenvalue weighted by atomic mass is 32.2. The van der Waals surface area contributed by atoms with Crippen molar-refractivity contribution in [1.29, 1.82) is 0 Å². The van der Waals surface area contributed by atoms with Crippen LogP contribution >= 0.6 is 0 Å². The lowest BCUT2D eigenvalue weighted by Gasteiger charge is -2.63. The molecule has 1 N–H and O–H groups in total. The molecule has 0 amide bonds. The van der Waals surface area contributed by atoms with Gasteiger partial charge in [0.25, 0.3) is 0 Å². The average molecular weight is 395 g/mol. The zero-order valence-corrected chi connectivity index (χ0v) is 19.0. The van der Waals surface area contributed by atoms with Crippen LogP contribution in [0.25, 0.3) is 0 Å². The first-order chi connectivity index (χ1) is 12.5. The van der Waals surface area contributed by atoms with Crippen LogP contribution < -0.4 is 0 Å². The Labute approximate surface area is 168 Å². The van der Waals surface area contributed by atoms with Crippen LogP contribution in [0.3, 0.4) is 0 Å². The molecule has 3 nitrogen and oxygen atoms in total. The Morgan fingerprint density at radius 3 is 2.41 bits per heavy atom. The van der Waals surface area contributed by atoms with E-state index in [1.807, 2.05) is 6.08 Å². The van der Waals surface area contributed by atoms with Gasteiger partial charge >= 0.3 is 0 Å². The van der Waals surface area contributed by atoms with Gasteiger partial charge in [0.15, 0.2) is 0 Å². The quantitative estimate of drug-likeness (QED) is 0.677. The lowest BCUT2D eigenvalue weighted by Crippen LogP contribution is -2.57. The number of allylic oxidation sites excluding steroid dienone is 2. The van der Waals surface area contributed by atoms with E-state index in [1.54, 1.807) is 19.4 Å². The van der Waals surface area contributed by atoms with Crippen LogP contribution in [0.1, 0.15) is 66.7 Å². The van der Waals surface area contributed by atoms with Gasteiger partial charge in [0.2, 0.25) is 0 Å². The van der Waals surface area contributed by atoms with E-state index in [0.717, 1.165) is 6.42 Å². The molecule has 0 aromatic carbocycles. The molecule has 3 aliphatic rings. The number of fused-ring (bicyclic) bond motifs is 1. The summed E-state index contributed by atoms with van der Waals surface area (Å²) in [4.78, 5) is 0. The molecule has 154 valence electrons. The Kier molecular flexibility index (Phi) is 5.38. The molecule has 0 aromatic heterocycles. The zero-order valence-electron chi connectivity index (χ0n) is 18.2. The van der Waals surface area contributed by atoms with Crippen molar-refractivity contribution in [1.82, 2.24) is 0 Å². The maximum atomic E-state index is 12.6. The number of rotatable bonds is 3. The second kappa shape index (κ2) is 6.93. The highest BCUT2D eigenvalue weighted by Crippen LogP contribution is 2.66. The van der Waals surface area contributed by atoms with E-state index in [1.165, 1.54) is 25.7 Å². The van der Waals surface area contributed by atoms with Crippen LogP contribution in [0.4, 0.5) is 0 Å². The molecular weight excluding hydrogens is 356 g/mol. The number of methoxy groups -OCH3 is 1. The Morgan fingerprint density at radius 1 is 1.15 bits per heavy atom. The second-order valence-electron chi connectivity index (χ2n) is 10.4. The predicted octanol–water partition coefficient (Wildman–Crippen LogP) is 5.60. The van der Waals surface area contributed by atoms with Gasteiger partial charge in [-0.25, -0.2) is 0 Å². The number of aliphatic hydroxyl groups excluding tert-OH is 1. The lowest BCUT2D eigenvalue weighted by atomic mass is 9.41. The summed E-state index contributed by atoms with van der Waals surface area (Å²) in [5.74, 6) is 2.03. The average Bonchev–Trinajstić information content (AvgIpc) is 2.57. The Hall–Kier alpha value is -0.770. The smallest absolute Gasteiger partial charge is 0.119 e. The summed E-state index contributed by atoms with van der Waals surface area (Å²) < 4.78 is 18.0. The van der Waals surface area contributed by atoms with Crippen LogP contribution in [-0.4, -0.2) is 27.9 Å². The first kappa shape index (κ1) is 21.0. The monoisotopic (exact) mass is 394 g/mol. The first-order valence-electron chi connectivity index (χ1n) is 10.5. The van der Waals surface area contributed by atoms with E-state index in [2.05, 4.69) is 34.6 Å². The summed E-state index contributed by atoms with van der Waals surface area (Å²) in [6.07, 6.45) is 11.6. The van der Waals surface area contributed by atoms with E-state index in [-0.39, 0.29) is 22.0 Å². The summed E-state index contributed by atoms with van der Waals surface area (Å²) in [6, 6.07) is 0. The number of ether oxygens (including phenoxy) is 1. The third kappa shape index (κ3) is 3.20. The van der Waals surface area contributed by atoms with Crippen molar-refractivity contribution in [2.75, 3.05) is 13.4 Å². The van der Waals surface area contributed by atoms with Crippen molar-refractivity contribution in [3.05, 3.63) is 23.7 Å². The highest BCUT2D eigenvalue weighted by Gasteiger charge is 2.60. The fourth-order valence-electron chi connectivity index (χ4n) is 7.09. The van der Waals surface area contributed by atoms with Crippen molar-refractivity contribution in [2.45, 2.75) is 72.0 Å². The number of hydrogen-bond donors (Lipinski definition) is 1. The van der Waals surface area contributed by atoms with Crippen LogP contribution in [0.2, 0.25) is 0 Å². The molecule has 0 aromatic rings. The fourth-order valence-corrected chi connectivity index (χ4v) is 8.25. The molecule has 2 fully saturated rings. The molecule has 3 rings (SSSR count). The number of hydrogen-bond acceptors (Lipinski definition) is 3.